The van der Waals surface area contributed by atoms with E-state index in [0.29, 0.717) is 5.92 Å². The quantitative estimate of drug-likeness (QED) is 0.695. The Morgan fingerprint density at radius 2 is 2.25 bits per heavy atom. The second kappa shape index (κ2) is 2.59. The Labute approximate surface area is 70.9 Å². The van der Waals surface area contributed by atoms with Crippen molar-refractivity contribution in [2.45, 2.75) is 19.8 Å². The highest BCUT2D eigenvalue weighted by atomic mass is 14.9. The van der Waals surface area contributed by atoms with E-state index in [0.717, 1.165) is 16.9 Å². The molecule has 2 aromatic rings. The molecule has 0 aromatic carbocycles. The van der Waals surface area contributed by atoms with E-state index in [1.165, 1.54) is 0 Å². The van der Waals surface area contributed by atoms with Crippen LogP contribution in [0.5, 0.6) is 0 Å². The molecule has 0 saturated carbocycles. The van der Waals surface area contributed by atoms with Gasteiger partial charge in [-0.15, -0.1) is 0 Å². The molecule has 0 radical (unpaired) electrons. The highest BCUT2D eigenvalue weighted by Crippen LogP contribution is 2.12. The van der Waals surface area contributed by atoms with Gasteiger partial charge in [0.25, 0.3) is 0 Å². The molecule has 62 valence electrons. The smallest absolute Gasteiger partial charge is 0.131 e. The number of fused-ring (bicyclic) bond motifs is 1. The van der Waals surface area contributed by atoms with Crippen LogP contribution in [0.15, 0.2) is 18.5 Å². The summed E-state index contributed by atoms with van der Waals surface area (Å²) >= 11 is 0. The molecule has 0 aliphatic rings. The number of aromatic amines is 1. The van der Waals surface area contributed by atoms with E-state index in [2.05, 4.69) is 28.8 Å². The minimum atomic E-state index is 0.393. The predicted octanol–water partition coefficient (Wildman–Crippen LogP) is 2.08. The Balaban J connectivity index is 2.60. The normalized spacial score (nSPS) is 11.2. The van der Waals surface area contributed by atoms with Crippen molar-refractivity contribution in [3.63, 3.8) is 0 Å². The van der Waals surface area contributed by atoms with Crippen LogP contribution in [-0.2, 0) is 0 Å². The molecule has 3 heteroatoms. The van der Waals surface area contributed by atoms with E-state index in [1.54, 1.807) is 0 Å². The summed E-state index contributed by atoms with van der Waals surface area (Å²) in [6, 6.07) is 1.96. The zero-order valence-electron chi connectivity index (χ0n) is 7.20. The van der Waals surface area contributed by atoms with Gasteiger partial charge in [-0.25, -0.2) is 9.97 Å². The van der Waals surface area contributed by atoms with Crippen molar-refractivity contribution in [1.29, 1.82) is 0 Å². The van der Waals surface area contributed by atoms with Crippen LogP contribution >= 0.6 is 0 Å². The molecule has 0 amide bonds. The molecule has 3 nitrogen and oxygen atoms in total. The molecule has 2 rings (SSSR count). The fraction of sp³-hybridized carbons (Fsp3) is 0.333. The van der Waals surface area contributed by atoms with Crippen LogP contribution in [0.2, 0.25) is 0 Å². The van der Waals surface area contributed by atoms with Crippen molar-refractivity contribution >= 4 is 11.0 Å². The molecule has 0 aliphatic carbocycles. The number of H-pyrrole nitrogens is 1. The Kier molecular flexibility index (Phi) is 1.57. The first kappa shape index (κ1) is 7.28. The number of hydrogen-bond donors (Lipinski definition) is 1. The van der Waals surface area contributed by atoms with Crippen molar-refractivity contribution in [2.75, 3.05) is 0 Å². The van der Waals surface area contributed by atoms with Crippen molar-refractivity contribution in [3.05, 3.63) is 24.3 Å². The van der Waals surface area contributed by atoms with Gasteiger partial charge in [0.15, 0.2) is 0 Å². The molecule has 2 aromatic heterocycles. The first-order valence-electron chi connectivity index (χ1n) is 4.07. The molecule has 0 aliphatic heterocycles. The van der Waals surface area contributed by atoms with Crippen molar-refractivity contribution in [2.24, 2.45) is 0 Å². The molecule has 0 spiro atoms. The van der Waals surface area contributed by atoms with E-state index in [-0.39, 0.29) is 0 Å². The number of rotatable bonds is 1. The van der Waals surface area contributed by atoms with Gasteiger partial charge in [-0.2, -0.15) is 0 Å². The van der Waals surface area contributed by atoms with Gasteiger partial charge in [0.05, 0.1) is 17.2 Å². The third-order valence-corrected chi connectivity index (χ3v) is 1.83. The van der Waals surface area contributed by atoms with Crippen LogP contribution < -0.4 is 0 Å². The van der Waals surface area contributed by atoms with Crippen LogP contribution in [0.4, 0.5) is 0 Å². The molecule has 0 fully saturated rings. The monoisotopic (exact) mass is 161 g/mol. The van der Waals surface area contributed by atoms with Gasteiger partial charge in [-0.3, -0.25) is 0 Å². The maximum atomic E-state index is 4.39. The topological polar surface area (TPSA) is 41.6 Å². The van der Waals surface area contributed by atoms with Crippen LogP contribution in [0.3, 0.4) is 0 Å². The molecular weight excluding hydrogens is 150 g/mol. The summed E-state index contributed by atoms with van der Waals surface area (Å²) in [5.74, 6) is 1.30. The van der Waals surface area contributed by atoms with E-state index in [4.69, 9.17) is 0 Å². The van der Waals surface area contributed by atoms with Gasteiger partial charge in [-0.1, -0.05) is 13.8 Å². The zero-order chi connectivity index (χ0) is 8.55. The van der Waals surface area contributed by atoms with Gasteiger partial charge in [0, 0.05) is 12.1 Å². The first-order valence-corrected chi connectivity index (χ1v) is 4.07. The first-order chi connectivity index (χ1) is 5.77. The number of nitrogens with one attached hydrogen (secondary N) is 1. The Morgan fingerprint density at radius 1 is 1.42 bits per heavy atom. The van der Waals surface area contributed by atoms with E-state index in [9.17, 15) is 0 Å². The maximum absolute atomic E-state index is 4.39. The third-order valence-electron chi connectivity index (χ3n) is 1.83. The summed E-state index contributed by atoms with van der Waals surface area (Å²) in [6.45, 7) is 4.18. The van der Waals surface area contributed by atoms with E-state index >= 15 is 0 Å². The minimum absolute atomic E-state index is 0.393. The van der Waals surface area contributed by atoms with E-state index in [1.807, 2.05) is 18.5 Å². The van der Waals surface area contributed by atoms with Crippen LogP contribution in [-0.4, -0.2) is 15.0 Å². The number of nitrogens with zero attached hydrogens (tertiary/aromatic N) is 2. The van der Waals surface area contributed by atoms with Crippen LogP contribution in [0.1, 0.15) is 25.6 Å². The maximum Gasteiger partial charge on any atom is 0.131 e. The summed E-state index contributed by atoms with van der Waals surface area (Å²) in [5, 5.41) is 0. The molecule has 0 unspecified atom stereocenters. The van der Waals surface area contributed by atoms with Gasteiger partial charge in [0.1, 0.15) is 5.82 Å². The second-order valence-electron chi connectivity index (χ2n) is 3.16. The van der Waals surface area contributed by atoms with Gasteiger partial charge < -0.3 is 4.98 Å². The molecule has 0 bridgehead atoms. The summed E-state index contributed by atoms with van der Waals surface area (Å²) in [5.41, 5.74) is 1.99. The van der Waals surface area contributed by atoms with Crippen molar-refractivity contribution < 1.29 is 0 Å². The third kappa shape index (κ3) is 1.07. The van der Waals surface area contributed by atoms with Crippen LogP contribution in [0, 0.1) is 0 Å². The van der Waals surface area contributed by atoms with Crippen molar-refractivity contribution in [3.8, 4) is 0 Å². The molecule has 1 N–H and O–H groups in total. The standard InChI is InChI=1S/C9H11N3/c1-6(2)9-11-5-8-7(12-9)3-4-10-8/h3-6,10H,1-2H3. The van der Waals surface area contributed by atoms with Gasteiger partial charge >= 0.3 is 0 Å². The van der Waals surface area contributed by atoms with Gasteiger partial charge in [0.2, 0.25) is 0 Å². The molecular formula is C9H11N3. The lowest BCUT2D eigenvalue weighted by Gasteiger charge is -2.01. The van der Waals surface area contributed by atoms with E-state index < -0.39 is 0 Å². The van der Waals surface area contributed by atoms with Crippen molar-refractivity contribution in [1.82, 2.24) is 15.0 Å². The van der Waals surface area contributed by atoms with Crippen LogP contribution in [0.25, 0.3) is 11.0 Å². The largest absolute Gasteiger partial charge is 0.359 e. The Bertz CT molecular complexity index is 389. The fourth-order valence-electron chi connectivity index (χ4n) is 1.14. The summed E-state index contributed by atoms with van der Waals surface area (Å²) in [4.78, 5) is 11.7. The Morgan fingerprint density at radius 3 is 3.00 bits per heavy atom. The highest BCUT2D eigenvalue weighted by molar-refractivity contribution is 5.73. The molecule has 2 heterocycles. The predicted molar refractivity (Wildman–Crippen MR) is 48.0 cm³/mol. The summed E-state index contributed by atoms with van der Waals surface area (Å²) in [6.07, 6.45) is 3.71. The summed E-state index contributed by atoms with van der Waals surface area (Å²) < 4.78 is 0. The Hall–Kier alpha value is -1.38. The lowest BCUT2D eigenvalue weighted by atomic mass is 10.2. The SMILES string of the molecule is CC(C)c1ncc2[nH]ccc2n1. The second-order valence-corrected chi connectivity index (χ2v) is 3.16. The fourth-order valence-corrected chi connectivity index (χ4v) is 1.14. The molecule has 0 atom stereocenters. The minimum Gasteiger partial charge on any atom is -0.359 e. The summed E-state index contributed by atoms with van der Waals surface area (Å²) in [7, 11) is 0. The number of aromatic nitrogens is 3. The molecule has 12 heavy (non-hydrogen) atoms. The van der Waals surface area contributed by atoms with Gasteiger partial charge in [-0.05, 0) is 6.07 Å². The molecule has 0 saturated heterocycles. The number of hydrogen-bond acceptors (Lipinski definition) is 2. The highest BCUT2D eigenvalue weighted by Gasteiger charge is 2.03. The average molecular weight is 161 g/mol. The zero-order valence-corrected chi connectivity index (χ0v) is 7.20. The lowest BCUT2D eigenvalue weighted by molar-refractivity contribution is 0.783. The lowest BCUT2D eigenvalue weighted by Crippen LogP contribution is -1.95. The average Bonchev–Trinajstić information content (AvgIpc) is 2.49.